The van der Waals surface area contributed by atoms with Crippen LogP contribution in [0.15, 0.2) is 5.16 Å². The van der Waals surface area contributed by atoms with E-state index in [1.54, 1.807) is 0 Å². The number of hydrogen-bond acceptors (Lipinski definition) is 3. The minimum atomic E-state index is 0.290. The van der Waals surface area contributed by atoms with Crippen LogP contribution < -0.4 is 11.1 Å². The van der Waals surface area contributed by atoms with Gasteiger partial charge in [0.2, 0.25) is 0 Å². The molecule has 2 rings (SSSR count). The van der Waals surface area contributed by atoms with E-state index in [4.69, 9.17) is 10.9 Å². The Morgan fingerprint density at radius 2 is 2.24 bits per heavy atom. The van der Waals surface area contributed by atoms with Crippen molar-refractivity contribution in [1.82, 2.24) is 5.32 Å². The van der Waals surface area contributed by atoms with Crippen LogP contribution in [0.4, 0.5) is 0 Å². The van der Waals surface area contributed by atoms with Crippen LogP contribution in [0.3, 0.4) is 0 Å². The van der Waals surface area contributed by atoms with E-state index in [-0.39, 0.29) is 5.41 Å². The second kappa shape index (κ2) is 5.25. The maximum Gasteiger partial charge on any atom is 0.139 e. The first-order chi connectivity index (χ1) is 8.15. The Morgan fingerprint density at radius 1 is 1.47 bits per heavy atom. The maximum atomic E-state index is 8.60. The highest BCUT2D eigenvalue weighted by Crippen LogP contribution is 2.48. The summed E-state index contributed by atoms with van der Waals surface area (Å²) in [5.74, 6) is 2.11. The summed E-state index contributed by atoms with van der Waals surface area (Å²) in [5.41, 5.74) is 5.88. The molecule has 0 aliphatic heterocycles. The van der Waals surface area contributed by atoms with Gasteiger partial charge in [0, 0.05) is 13.0 Å². The normalized spacial score (nSPS) is 31.7. The molecule has 4 heteroatoms. The molecule has 2 aliphatic carbocycles. The van der Waals surface area contributed by atoms with Crippen LogP contribution in [0.1, 0.15) is 45.4 Å². The molecule has 4 N–H and O–H groups in total. The second-order valence-electron chi connectivity index (χ2n) is 6.07. The highest BCUT2D eigenvalue weighted by molar-refractivity contribution is 5.80. The summed E-state index contributed by atoms with van der Waals surface area (Å²) in [6, 6.07) is 0. The lowest BCUT2D eigenvalue weighted by molar-refractivity contribution is 0.313. The minimum Gasteiger partial charge on any atom is -0.409 e. The fourth-order valence-corrected chi connectivity index (χ4v) is 3.06. The van der Waals surface area contributed by atoms with Gasteiger partial charge in [0.25, 0.3) is 0 Å². The van der Waals surface area contributed by atoms with E-state index in [0.717, 1.165) is 31.3 Å². The summed E-state index contributed by atoms with van der Waals surface area (Å²) < 4.78 is 0. The summed E-state index contributed by atoms with van der Waals surface area (Å²) in [5, 5.41) is 15.3. The molecule has 2 aliphatic rings. The quantitative estimate of drug-likeness (QED) is 0.287. The van der Waals surface area contributed by atoms with Gasteiger partial charge in [-0.3, -0.25) is 0 Å². The molecule has 0 aromatic heterocycles. The van der Waals surface area contributed by atoms with Crippen molar-refractivity contribution in [2.45, 2.75) is 45.4 Å². The van der Waals surface area contributed by atoms with Gasteiger partial charge < -0.3 is 16.3 Å². The van der Waals surface area contributed by atoms with Gasteiger partial charge in [0.1, 0.15) is 5.84 Å². The molecule has 0 aromatic rings. The zero-order valence-corrected chi connectivity index (χ0v) is 10.8. The Hall–Kier alpha value is -0.770. The first kappa shape index (κ1) is 12.7. The van der Waals surface area contributed by atoms with Crippen LogP contribution in [0, 0.1) is 17.3 Å². The fraction of sp³-hybridized carbons (Fsp3) is 0.923. The number of oxime groups is 1. The van der Waals surface area contributed by atoms with Crippen molar-refractivity contribution < 1.29 is 5.21 Å². The van der Waals surface area contributed by atoms with E-state index >= 15 is 0 Å². The molecule has 2 saturated carbocycles. The van der Waals surface area contributed by atoms with Crippen molar-refractivity contribution >= 4 is 5.84 Å². The Balaban J connectivity index is 1.68. The lowest BCUT2D eigenvalue weighted by Crippen LogP contribution is -2.32. The number of nitrogens with two attached hydrogens (primary N) is 1. The summed E-state index contributed by atoms with van der Waals surface area (Å²) in [4.78, 5) is 0. The van der Waals surface area contributed by atoms with Crippen molar-refractivity contribution in [3.05, 3.63) is 0 Å². The van der Waals surface area contributed by atoms with E-state index in [1.807, 2.05) is 0 Å². The highest BCUT2D eigenvalue weighted by atomic mass is 16.4. The summed E-state index contributed by atoms with van der Waals surface area (Å²) in [6.45, 7) is 4.52. The van der Waals surface area contributed by atoms with E-state index in [2.05, 4.69) is 17.4 Å². The van der Waals surface area contributed by atoms with Gasteiger partial charge in [-0.1, -0.05) is 24.9 Å². The van der Waals surface area contributed by atoms with Gasteiger partial charge in [0.15, 0.2) is 0 Å². The van der Waals surface area contributed by atoms with Gasteiger partial charge in [-0.15, -0.1) is 0 Å². The minimum absolute atomic E-state index is 0.290. The second-order valence-corrected chi connectivity index (χ2v) is 6.07. The van der Waals surface area contributed by atoms with E-state index in [9.17, 15) is 0 Å². The predicted molar refractivity (Wildman–Crippen MR) is 69.1 cm³/mol. The predicted octanol–water partition coefficient (Wildman–Crippen LogP) is 1.93. The third kappa shape index (κ3) is 3.35. The van der Waals surface area contributed by atoms with Crippen LogP contribution in [0.25, 0.3) is 0 Å². The zero-order chi connectivity index (χ0) is 12.3. The molecule has 2 unspecified atom stereocenters. The van der Waals surface area contributed by atoms with Crippen molar-refractivity contribution in [2.75, 3.05) is 13.1 Å². The molecule has 17 heavy (non-hydrogen) atoms. The van der Waals surface area contributed by atoms with E-state index in [1.165, 1.54) is 32.1 Å². The SMILES string of the molecule is CC1CCCC1CNCC1(CC(N)=NO)CC1. The number of rotatable bonds is 6. The first-order valence-corrected chi connectivity index (χ1v) is 6.82. The standard InChI is InChI=1S/C13H25N3O/c1-10-3-2-4-11(10)8-15-9-13(5-6-13)7-12(14)16-17/h10-11,15,17H,2-9H2,1H3,(H2,14,16). The monoisotopic (exact) mass is 239 g/mol. The van der Waals surface area contributed by atoms with Crippen molar-refractivity contribution in [1.29, 1.82) is 0 Å². The maximum absolute atomic E-state index is 8.60. The number of nitrogens with zero attached hydrogens (tertiary/aromatic N) is 1. The highest BCUT2D eigenvalue weighted by Gasteiger charge is 2.43. The molecule has 0 radical (unpaired) electrons. The Kier molecular flexibility index (Phi) is 3.92. The van der Waals surface area contributed by atoms with Crippen LogP contribution in [0.2, 0.25) is 0 Å². The number of amidine groups is 1. The molecule has 0 bridgehead atoms. The van der Waals surface area contributed by atoms with Crippen LogP contribution >= 0.6 is 0 Å². The molecule has 4 nitrogen and oxygen atoms in total. The molecule has 0 amide bonds. The van der Waals surface area contributed by atoms with Crippen molar-refractivity contribution in [2.24, 2.45) is 28.1 Å². The lowest BCUT2D eigenvalue weighted by Gasteiger charge is -2.19. The molecule has 2 atom stereocenters. The van der Waals surface area contributed by atoms with Gasteiger partial charge >= 0.3 is 0 Å². The lowest BCUT2D eigenvalue weighted by atomic mass is 9.97. The Bertz CT molecular complexity index is 286. The molecule has 0 spiro atoms. The third-order valence-corrected chi connectivity index (χ3v) is 4.59. The zero-order valence-electron chi connectivity index (χ0n) is 10.8. The van der Waals surface area contributed by atoms with Crippen molar-refractivity contribution in [3.63, 3.8) is 0 Å². The average Bonchev–Trinajstić information content (AvgIpc) is 2.95. The average molecular weight is 239 g/mol. The summed E-state index contributed by atoms with van der Waals surface area (Å²) in [7, 11) is 0. The number of nitrogens with one attached hydrogen (secondary N) is 1. The summed E-state index contributed by atoms with van der Waals surface area (Å²) >= 11 is 0. The third-order valence-electron chi connectivity index (χ3n) is 4.59. The van der Waals surface area contributed by atoms with Gasteiger partial charge in [-0.25, -0.2) is 0 Å². The molecule has 0 saturated heterocycles. The Labute approximate surface area is 104 Å². The summed E-state index contributed by atoms with van der Waals surface area (Å²) in [6.07, 6.45) is 7.30. The fourth-order valence-electron chi connectivity index (χ4n) is 3.06. The Morgan fingerprint density at radius 3 is 2.76 bits per heavy atom. The van der Waals surface area contributed by atoms with Gasteiger partial charge in [-0.05, 0) is 43.1 Å². The van der Waals surface area contributed by atoms with Gasteiger partial charge in [0.05, 0.1) is 0 Å². The molecule has 0 heterocycles. The molecule has 0 aromatic carbocycles. The molecular weight excluding hydrogens is 214 g/mol. The van der Waals surface area contributed by atoms with Crippen LogP contribution in [-0.2, 0) is 0 Å². The molecule has 98 valence electrons. The van der Waals surface area contributed by atoms with Crippen LogP contribution in [-0.4, -0.2) is 24.1 Å². The largest absolute Gasteiger partial charge is 0.409 e. The smallest absolute Gasteiger partial charge is 0.139 e. The first-order valence-electron chi connectivity index (χ1n) is 6.82. The van der Waals surface area contributed by atoms with E-state index < -0.39 is 0 Å². The molecule has 2 fully saturated rings. The van der Waals surface area contributed by atoms with Crippen molar-refractivity contribution in [3.8, 4) is 0 Å². The van der Waals surface area contributed by atoms with Gasteiger partial charge in [-0.2, -0.15) is 0 Å². The van der Waals surface area contributed by atoms with E-state index in [0.29, 0.717) is 5.84 Å². The van der Waals surface area contributed by atoms with Crippen LogP contribution in [0.5, 0.6) is 0 Å². The topological polar surface area (TPSA) is 70.6 Å². The molecular formula is C13H25N3O. The number of hydrogen-bond donors (Lipinski definition) is 3.